The molecule has 0 atom stereocenters. The van der Waals surface area contributed by atoms with Gasteiger partial charge in [-0.15, -0.1) is 0 Å². The molecule has 1 aromatic heterocycles. The Hall–Kier alpha value is -2.88. The zero-order valence-electron chi connectivity index (χ0n) is 14.0. The van der Waals surface area contributed by atoms with Crippen molar-refractivity contribution in [1.82, 2.24) is 15.1 Å². The molecule has 1 amide bonds. The van der Waals surface area contributed by atoms with Crippen LogP contribution in [0.2, 0.25) is 0 Å². The van der Waals surface area contributed by atoms with Gasteiger partial charge in [-0.25, -0.2) is 4.68 Å². The quantitative estimate of drug-likeness (QED) is 0.783. The molecule has 0 aliphatic heterocycles. The molecule has 3 aromatic rings. The Morgan fingerprint density at radius 1 is 1.04 bits per heavy atom. The lowest BCUT2D eigenvalue weighted by Crippen LogP contribution is -2.26. The molecule has 0 aliphatic rings. The fourth-order valence-corrected chi connectivity index (χ4v) is 2.69. The molecule has 0 saturated heterocycles. The maximum atomic E-state index is 12.3. The van der Waals surface area contributed by atoms with E-state index in [4.69, 9.17) is 0 Å². The summed E-state index contributed by atoms with van der Waals surface area (Å²) in [6, 6.07) is 20.0. The number of carbonyl (C=O) groups excluding carboxylic acids is 1. The van der Waals surface area contributed by atoms with Gasteiger partial charge in [-0.1, -0.05) is 48.0 Å². The van der Waals surface area contributed by atoms with Crippen LogP contribution in [0.4, 0.5) is 0 Å². The van der Waals surface area contributed by atoms with Gasteiger partial charge in [0.1, 0.15) is 0 Å². The van der Waals surface area contributed by atoms with E-state index in [2.05, 4.69) is 35.5 Å². The topological polar surface area (TPSA) is 46.9 Å². The van der Waals surface area contributed by atoms with Crippen LogP contribution in [0.15, 0.2) is 60.7 Å². The van der Waals surface area contributed by atoms with Crippen LogP contribution in [0, 0.1) is 13.8 Å². The van der Waals surface area contributed by atoms with Crippen molar-refractivity contribution in [1.29, 1.82) is 0 Å². The van der Waals surface area contributed by atoms with Crippen molar-refractivity contribution in [2.45, 2.75) is 20.3 Å². The Bertz CT molecular complexity index is 837. The number of rotatable bonds is 5. The van der Waals surface area contributed by atoms with Crippen molar-refractivity contribution < 1.29 is 4.79 Å². The van der Waals surface area contributed by atoms with Gasteiger partial charge in [0.05, 0.1) is 5.69 Å². The molecule has 122 valence electrons. The third-order valence-electron chi connectivity index (χ3n) is 3.90. The van der Waals surface area contributed by atoms with Crippen LogP contribution in [0.5, 0.6) is 0 Å². The first-order chi connectivity index (χ1) is 11.6. The summed E-state index contributed by atoms with van der Waals surface area (Å²) in [6.07, 6.45) is 0.811. The lowest BCUT2D eigenvalue weighted by atomic mass is 10.1. The zero-order chi connectivity index (χ0) is 16.9. The molecule has 3 rings (SSSR count). The van der Waals surface area contributed by atoms with E-state index in [1.807, 2.05) is 49.4 Å². The van der Waals surface area contributed by atoms with E-state index in [0.717, 1.165) is 17.8 Å². The molecule has 0 spiro atoms. The molecular formula is C20H21N3O. The number of benzene rings is 2. The number of aryl methyl sites for hydroxylation is 2. The van der Waals surface area contributed by atoms with Crippen LogP contribution in [0.1, 0.15) is 27.3 Å². The zero-order valence-corrected chi connectivity index (χ0v) is 14.0. The van der Waals surface area contributed by atoms with Crippen LogP contribution in [0.3, 0.4) is 0 Å². The smallest absolute Gasteiger partial charge is 0.271 e. The minimum atomic E-state index is -0.138. The molecule has 0 unspecified atom stereocenters. The summed E-state index contributed by atoms with van der Waals surface area (Å²) in [7, 11) is 0. The highest BCUT2D eigenvalue weighted by Gasteiger charge is 2.12. The second-order valence-corrected chi connectivity index (χ2v) is 5.91. The average molecular weight is 319 g/mol. The second kappa shape index (κ2) is 7.13. The molecule has 1 heterocycles. The highest BCUT2D eigenvalue weighted by molar-refractivity contribution is 5.92. The van der Waals surface area contributed by atoms with Gasteiger partial charge in [0.15, 0.2) is 5.69 Å². The number of hydrogen-bond donors (Lipinski definition) is 1. The van der Waals surface area contributed by atoms with Gasteiger partial charge in [0.25, 0.3) is 5.91 Å². The second-order valence-electron chi connectivity index (χ2n) is 5.91. The largest absolute Gasteiger partial charge is 0.350 e. The Labute approximate surface area is 142 Å². The predicted octanol–water partition coefficient (Wildman–Crippen LogP) is 3.46. The molecular weight excluding hydrogens is 298 g/mol. The highest BCUT2D eigenvalue weighted by atomic mass is 16.1. The number of para-hydroxylation sites is 1. The van der Waals surface area contributed by atoms with Crippen LogP contribution in [0.25, 0.3) is 5.69 Å². The number of nitrogens with zero attached hydrogens (tertiary/aromatic N) is 2. The Morgan fingerprint density at radius 3 is 2.58 bits per heavy atom. The summed E-state index contributed by atoms with van der Waals surface area (Å²) in [4.78, 5) is 12.3. The van der Waals surface area contributed by atoms with Gasteiger partial charge < -0.3 is 5.32 Å². The third kappa shape index (κ3) is 3.71. The van der Waals surface area contributed by atoms with Crippen molar-refractivity contribution in [3.8, 4) is 5.69 Å². The molecule has 0 bridgehead atoms. The van der Waals surface area contributed by atoms with E-state index in [0.29, 0.717) is 12.2 Å². The van der Waals surface area contributed by atoms with Crippen molar-refractivity contribution in [3.05, 3.63) is 83.2 Å². The van der Waals surface area contributed by atoms with E-state index in [9.17, 15) is 4.79 Å². The van der Waals surface area contributed by atoms with Gasteiger partial charge in [0, 0.05) is 12.2 Å². The standard InChI is InChI=1S/C20H21N3O/c1-15-7-6-8-17(13-15)11-12-21-20(24)19-14-16(2)23(22-19)18-9-4-3-5-10-18/h3-10,13-14H,11-12H2,1-2H3,(H,21,24). The fraction of sp³-hybridized carbons (Fsp3) is 0.200. The van der Waals surface area contributed by atoms with Crippen LogP contribution in [-0.2, 0) is 6.42 Å². The number of nitrogens with one attached hydrogen (secondary N) is 1. The lowest BCUT2D eigenvalue weighted by molar-refractivity contribution is 0.0948. The molecule has 0 fully saturated rings. The molecule has 0 radical (unpaired) electrons. The minimum absolute atomic E-state index is 0.138. The van der Waals surface area contributed by atoms with Crippen molar-refractivity contribution in [2.24, 2.45) is 0 Å². The first-order valence-corrected chi connectivity index (χ1v) is 8.09. The Kier molecular flexibility index (Phi) is 4.75. The number of hydrogen-bond acceptors (Lipinski definition) is 2. The monoisotopic (exact) mass is 319 g/mol. The van der Waals surface area contributed by atoms with E-state index in [-0.39, 0.29) is 5.91 Å². The van der Waals surface area contributed by atoms with Gasteiger partial charge in [-0.3, -0.25) is 4.79 Å². The first-order valence-electron chi connectivity index (χ1n) is 8.09. The van der Waals surface area contributed by atoms with E-state index in [1.165, 1.54) is 11.1 Å². The molecule has 1 N–H and O–H groups in total. The highest BCUT2D eigenvalue weighted by Crippen LogP contribution is 2.11. The van der Waals surface area contributed by atoms with E-state index >= 15 is 0 Å². The summed E-state index contributed by atoms with van der Waals surface area (Å²) in [5.41, 5.74) is 4.79. The lowest BCUT2D eigenvalue weighted by Gasteiger charge is -2.05. The Morgan fingerprint density at radius 2 is 1.83 bits per heavy atom. The number of carbonyl (C=O) groups is 1. The van der Waals surface area contributed by atoms with Crippen molar-refractivity contribution in [2.75, 3.05) is 6.54 Å². The van der Waals surface area contributed by atoms with Crippen molar-refractivity contribution in [3.63, 3.8) is 0 Å². The first kappa shape index (κ1) is 16.0. The molecule has 4 heteroatoms. The van der Waals surface area contributed by atoms with E-state index in [1.54, 1.807) is 4.68 Å². The maximum absolute atomic E-state index is 12.3. The fourth-order valence-electron chi connectivity index (χ4n) is 2.69. The SMILES string of the molecule is Cc1cccc(CCNC(=O)c2cc(C)n(-c3ccccc3)n2)c1. The molecule has 0 saturated carbocycles. The average Bonchev–Trinajstić information content (AvgIpc) is 2.98. The molecule has 2 aromatic carbocycles. The molecule has 0 aliphatic carbocycles. The summed E-state index contributed by atoms with van der Waals surface area (Å²) in [5, 5.41) is 7.37. The number of aromatic nitrogens is 2. The van der Waals surface area contributed by atoms with Crippen molar-refractivity contribution >= 4 is 5.91 Å². The van der Waals surface area contributed by atoms with Crippen LogP contribution < -0.4 is 5.32 Å². The van der Waals surface area contributed by atoms with Gasteiger partial charge in [0.2, 0.25) is 0 Å². The van der Waals surface area contributed by atoms with Gasteiger partial charge in [-0.05, 0) is 44.0 Å². The third-order valence-corrected chi connectivity index (χ3v) is 3.90. The van der Waals surface area contributed by atoms with E-state index < -0.39 is 0 Å². The number of amides is 1. The summed E-state index contributed by atoms with van der Waals surface area (Å²) >= 11 is 0. The summed E-state index contributed by atoms with van der Waals surface area (Å²) in [5.74, 6) is -0.138. The minimum Gasteiger partial charge on any atom is -0.350 e. The summed E-state index contributed by atoms with van der Waals surface area (Å²) < 4.78 is 1.79. The maximum Gasteiger partial charge on any atom is 0.271 e. The Balaban J connectivity index is 1.63. The van der Waals surface area contributed by atoms with Crippen LogP contribution >= 0.6 is 0 Å². The molecule has 4 nitrogen and oxygen atoms in total. The predicted molar refractivity (Wildman–Crippen MR) is 95.5 cm³/mol. The van der Waals surface area contributed by atoms with Gasteiger partial charge in [-0.2, -0.15) is 5.10 Å². The molecule has 24 heavy (non-hydrogen) atoms. The summed E-state index contributed by atoms with van der Waals surface area (Å²) in [6.45, 7) is 4.62. The van der Waals surface area contributed by atoms with Crippen LogP contribution in [-0.4, -0.2) is 22.2 Å². The normalized spacial score (nSPS) is 10.6. The van der Waals surface area contributed by atoms with Gasteiger partial charge >= 0.3 is 0 Å².